The first-order valence-electron chi connectivity index (χ1n) is 10.7. The highest BCUT2D eigenvalue weighted by Gasteiger charge is 2.49. The number of methoxy groups -OCH3 is 1. The number of benzene rings is 1. The quantitative estimate of drug-likeness (QED) is 0.734. The molecule has 5 rings (SSSR count). The minimum Gasteiger partial charge on any atom is -0.497 e. The predicted molar refractivity (Wildman–Crippen MR) is 107 cm³/mol. The summed E-state index contributed by atoms with van der Waals surface area (Å²) in [6, 6.07) is 7.53. The van der Waals surface area contributed by atoms with Crippen molar-refractivity contribution in [1.29, 1.82) is 0 Å². The molecule has 6 nitrogen and oxygen atoms in total. The van der Waals surface area contributed by atoms with Gasteiger partial charge in [0.2, 0.25) is 5.91 Å². The van der Waals surface area contributed by atoms with Gasteiger partial charge in [0.15, 0.2) is 6.10 Å². The smallest absolute Gasteiger partial charge is 0.254 e. The zero-order valence-electron chi connectivity index (χ0n) is 16.8. The van der Waals surface area contributed by atoms with Crippen molar-refractivity contribution in [3.05, 3.63) is 42.0 Å². The molecule has 0 N–H and O–H groups in total. The van der Waals surface area contributed by atoms with Crippen LogP contribution in [-0.4, -0.2) is 60.6 Å². The predicted octanol–water partition coefficient (Wildman–Crippen LogP) is 2.55. The molecule has 3 fully saturated rings. The fraction of sp³-hybridized carbons (Fsp3) is 0.565. The second-order valence-corrected chi connectivity index (χ2v) is 8.69. The highest BCUT2D eigenvalue weighted by atomic mass is 16.5. The van der Waals surface area contributed by atoms with Crippen LogP contribution < -0.4 is 4.74 Å². The Morgan fingerprint density at radius 2 is 1.72 bits per heavy atom. The van der Waals surface area contributed by atoms with Gasteiger partial charge in [0.1, 0.15) is 12.4 Å². The van der Waals surface area contributed by atoms with Gasteiger partial charge in [-0.25, -0.2) is 0 Å². The van der Waals surface area contributed by atoms with E-state index in [-0.39, 0.29) is 30.5 Å². The van der Waals surface area contributed by atoms with Crippen LogP contribution in [0.4, 0.5) is 0 Å². The maximum absolute atomic E-state index is 13.6. The molecule has 4 aliphatic rings. The normalized spacial score (nSPS) is 31.7. The summed E-state index contributed by atoms with van der Waals surface area (Å²) in [5, 5.41) is 0. The fourth-order valence-corrected chi connectivity index (χ4v) is 5.13. The number of likely N-dealkylation sites (tertiary alicyclic amines) is 1. The molecule has 4 atom stereocenters. The molecule has 2 amide bonds. The summed E-state index contributed by atoms with van der Waals surface area (Å²) in [7, 11) is 1.63. The molecule has 0 aromatic heterocycles. The molecule has 1 aromatic rings. The van der Waals surface area contributed by atoms with Crippen LogP contribution in [0.3, 0.4) is 0 Å². The lowest BCUT2D eigenvalue weighted by atomic mass is 9.86. The molecular weight excluding hydrogens is 368 g/mol. The molecule has 6 heteroatoms. The number of carbonyl (C=O) groups excluding carboxylic acids is 2. The first-order valence-corrected chi connectivity index (χ1v) is 10.7. The number of carbonyl (C=O) groups is 2. The summed E-state index contributed by atoms with van der Waals surface area (Å²) < 4.78 is 11.2. The van der Waals surface area contributed by atoms with Crippen molar-refractivity contribution in [1.82, 2.24) is 9.80 Å². The molecule has 2 saturated heterocycles. The van der Waals surface area contributed by atoms with Crippen molar-refractivity contribution in [2.75, 3.05) is 26.8 Å². The molecule has 0 unspecified atom stereocenters. The summed E-state index contributed by atoms with van der Waals surface area (Å²) in [6.45, 7) is 1.57. The summed E-state index contributed by atoms with van der Waals surface area (Å²) >= 11 is 0. The van der Waals surface area contributed by atoms with Crippen molar-refractivity contribution in [3.63, 3.8) is 0 Å². The largest absolute Gasteiger partial charge is 0.497 e. The minimum atomic E-state index is -0.644. The Kier molecular flexibility index (Phi) is 4.82. The van der Waals surface area contributed by atoms with Gasteiger partial charge in [-0.05, 0) is 55.2 Å². The van der Waals surface area contributed by atoms with Crippen molar-refractivity contribution in [2.45, 2.75) is 43.9 Å². The number of rotatable bonds is 4. The van der Waals surface area contributed by atoms with Crippen LogP contribution in [0.5, 0.6) is 5.75 Å². The van der Waals surface area contributed by atoms with Gasteiger partial charge in [0.05, 0.1) is 13.2 Å². The zero-order valence-corrected chi connectivity index (χ0v) is 16.8. The van der Waals surface area contributed by atoms with Crippen molar-refractivity contribution >= 4 is 11.8 Å². The lowest BCUT2D eigenvalue weighted by Gasteiger charge is -2.42. The molecule has 0 bridgehead atoms. The molecule has 2 aliphatic carbocycles. The minimum absolute atomic E-state index is 0.0121. The van der Waals surface area contributed by atoms with Crippen LogP contribution >= 0.6 is 0 Å². The van der Waals surface area contributed by atoms with E-state index in [0.29, 0.717) is 11.8 Å². The molecule has 2 aliphatic heterocycles. The first-order chi connectivity index (χ1) is 14.2. The lowest BCUT2D eigenvalue weighted by molar-refractivity contribution is -0.169. The van der Waals surface area contributed by atoms with E-state index in [0.717, 1.165) is 50.1 Å². The third-order valence-electron chi connectivity index (χ3n) is 6.83. The van der Waals surface area contributed by atoms with Gasteiger partial charge < -0.3 is 19.3 Å². The maximum Gasteiger partial charge on any atom is 0.254 e. The van der Waals surface area contributed by atoms with E-state index in [1.54, 1.807) is 7.11 Å². The van der Waals surface area contributed by atoms with Crippen LogP contribution in [0.1, 0.15) is 37.3 Å². The number of hydrogen-bond acceptors (Lipinski definition) is 4. The Hall–Kier alpha value is -2.34. The summed E-state index contributed by atoms with van der Waals surface area (Å²) in [5.74, 6) is 1.87. The Labute approximate surface area is 171 Å². The van der Waals surface area contributed by atoms with Gasteiger partial charge in [-0.2, -0.15) is 0 Å². The first kappa shape index (κ1) is 18.7. The molecule has 0 radical (unpaired) electrons. The molecule has 29 heavy (non-hydrogen) atoms. The highest BCUT2D eigenvalue weighted by Crippen LogP contribution is 2.41. The van der Waals surface area contributed by atoms with E-state index >= 15 is 0 Å². The number of fused-ring (bicyclic) bond motifs is 1. The van der Waals surface area contributed by atoms with Crippen LogP contribution in [0.2, 0.25) is 0 Å². The number of amides is 2. The van der Waals surface area contributed by atoms with Crippen molar-refractivity contribution in [2.24, 2.45) is 11.8 Å². The number of hydrogen-bond donors (Lipinski definition) is 0. The number of morpholine rings is 1. The summed E-state index contributed by atoms with van der Waals surface area (Å²) in [6.07, 6.45) is 7.93. The van der Waals surface area contributed by atoms with E-state index in [4.69, 9.17) is 9.47 Å². The van der Waals surface area contributed by atoms with Gasteiger partial charge in [0.25, 0.3) is 5.91 Å². The average molecular weight is 396 g/mol. The van der Waals surface area contributed by atoms with E-state index in [1.807, 2.05) is 34.1 Å². The number of nitrogens with zero attached hydrogens (tertiary/aromatic N) is 2. The van der Waals surface area contributed by atoms with Gasteiger partial charge in [-0.3, -0.25) is 9.59 Å². The van der Waals surface area contributed by atoms with Gasteiger partial charge in [-0.1, -0.05) is 24.3 Å². The standard InChI is InChI=1S/C23H28N2O4/c1-28-19-10-6-15(7-11-19)21-22(29-14-20(26)25(21)18-8-9-18)23(27)24-12-16-4-2-3-5-17(16)13-24/h2-3,6-7,10-11,16-18,21-22H,4-5,8-9,12-14H2,1H3/t16-,17+,21-,22+/m1/s1. The fourth-order valence-electron chi connectivity index (χ4n) is 5.13. The third-order valence-corrected chi connectivity index (χ3v) is 6.83. The zero-order chi connectivity index (χ0) is 20.0. The molecule has 2 heterocycles. The highest BCUT2D eigenvalue weighted by molar-refractivity contribution is 5.87. The Morgan fingerprint density at radius 3 is 2.31 bits per heavy atom. The van der Waals surface area contributed by atoms with E-state index in [1.165, 1.54) is 0 Å². The van der Waals surface area contributed by atoms with Crippen LogP contribution in [-0.2, 0) is 14.3 Å². The average Bonchev–Trinajstić information content (AvgIpc) is 3.50. The lowest BCUT2D eigenvalue weighted by Crippen LogP contribution is -2.55. The summed E-state index contributed by atoms with van der Waals surface area (Å²) in [5.41, 5.74) is 0.933. The molecule has 0 spiro atoms. The SMILES string of the molecule is COc1ccc([C@@H]2[C@@H](C(=O)N3C[C@H]4CC=CC[C@H]4C3)OCC(=O)N2C2CC2)cc1. The van der Waals surface area contributed by atoms with E-state index in [2.05, 4.69) is 12.2 Å². The van der Waals surface area contributed by atoms with Crippen molar-refractivity contribution < 1.29 is 19.1 Å². The second-order valence-electron chi connectivity index (χ2n) is 8.69. The van der Waals surface area contributed by atoms with Crippen LogP contribution in [0, 0.1) is 11.8 Å². The van der Waals surface area contributed by atoms with Crippen LogP contribution in [0.15, 0.2) is 36.4 Å². The monoisotopic (exact) mass is 396 g/mol. The van der Waals surface area contributed by atoms with E-state index < -0.39 is 6.10 Å². The molecular formula is C23H28N2O4. The Balaban J connectivity index is 1.43. The van der Waals surface area contributed by atoms with Crippen LogP contribution in [0.25, 0.3) is 0 Å². The maximum atomic E-state index is 13.6. The second kappa shape index (κ2) is 7.48. The van der Waals surface area contributed by atoms with Crippen molar-refractivity contribution in [3.8, 4) is 5.75 Å². The van der Waals surface area contributed by atoms with Gasteiger partial charge in [0, 0.05) is 19.1 Å². The Morgan fingerprint density at radius 1 is 1.07 bits per heavy atom. The number of allylic oxidation sites excluding steroid dienone is 2. The number of ether oxygens (including phenoxy) is 2. The topological polar surface area (TPSA) is 59.1 Å². The van der Waals surface area contributed by atoms with E-state index in [9.17, 15) is 9.59 Å². The molecule has 154 valence electrons. The molecule has 1 saturated carbocycles. The summed E-state index contributed by atoms with van der Waals surface area (Å²) in [4.78, 5) is 30.2. The Bertz CT molecular complexity index is 801. The molecule has 1 aromatic carbocycles. The van der Waals surface area contributed by atoms with Gasteiger partial charge >= 0.3 is 0 Å². The van der Waals surface area contributed by atoms with Gasteiger partial charge in [-0.15, -0.1) is 0 Å². The third kappa shape index (κ3) is 3.44.